The Morgan fingerprint density at radius 3 is 2.79 bits per heavy atom. The van der Waals surface area contributed by atoms with Crippen molar-refractivity contribution in [3.8, 4) is 6.07 Å². The average molecular weight is 320 g/mol. The van der Waals surface area contributed by atoms with Gasteiger partial charge in [0.25, 0.3) is 0 Å². The Kier molecular flexibility index (Phi) is 3.51. The molecule has 0 radical (unpaired) electrons. The molecule has 2 aliphatic heterocycles. The second kappa shape index (κ2) is 5.15. The van der Waals surface area contributed by atoms with Crippen molar-refractivity contribution in [2.45, 2.75) is 31.3 Å². The number of benzene rings is 1. The lowest BCUT2D eigenvalue weighted by molar-refractivity contribution is 0.254. The van der Waals surface area contributed by atoms with Gasteiger partial charge in [-0.2, -0.15) is 5.26 Å². The fourth-order valence-electron chi connectivity index (χ4n) is 3.36. The number of nitrogens with zero attached hydrogens (tertiary/aromatic N) is 3. The van der Waals surface area contributed by atoms with Gasteiger partial charge in [-0.15, -0.1) is 0 Å². The molecule has 3 nitrogen and oxygen atoms in total. The lowest BCUT2D eigenvalue weighted by atomic mass is 10.1. The van der Waals surface area contributed by atoms with Crippen molar-refractivity contribution in [2.24, 2.45) is 0 Å². The molecule has 0 amide bonds. The van der Waals surface area contributed by atoms with E-state index in [9.17, 15) is 0 Å². The van der Waals surface area contributed by atoms with Gasteiger partial charge < -0.3 is 4.90 Å². The Morgan fingerprint density at radius 1 is 1.21 bits per heavy atom. The van der Waals surface area contributed by atoms with E-state index >= 15 is 0 Å². The number of anilines is 1. The minimum Gasteiger partial charge on any atom is -0.370 e. The van der Waals surface area contributed by atoms with E-state index in [0.29, 0.717) is 6.04 Å². The molecule has 0 spiro atoms. The molecule has 0 saturated carbocycles. The van der Waals surface area contributed by atoms with Crippen LogP contribution >= 0.6 is 15.9 Å². The van der Waals surface area contributed by atoms with Crippen molar-refractivity contribution in [3.05, 3.63) is 28.2 Å². The van der Waals surface area contributed by atoms with Gasteiger partial charge in [0.2, 0.25) is 0 Å². The van der Waals surface area contributed by atoms with Crippen molar-refractivity contribution in [1.82, 2.24) is 4.90 Å². The molecule has 0 aromatic heterocycles. The maximum absolute atomic E-state index is 9.09. The summed E-state index contributed by atoms with van der Waals surface area (Å²) in [5.74, 6) is 0. The highest BCUT2D eigenvalue weighted by atomic mass is 79.9. The molecule has 2 heterocycles. The van der Waals surface area contributed by atoms with Crippen LogP contribution in [-0.4, -0.2) is 37.1 Å². The van der Waals surface area contributed by atoms with Gasteiger partial charge in [0.05, 0.1) is 11.6 Å². The van der Waals surface area contributed by atoms with E-state index in [0.717, 1.165) is 29.2 Å². The lowest BCUT2D eigenvalue weighted by Crippen LogP contribution is -2.36. The predicted molar refractivity (Wildman–Crippen MR) is 80.3 cm³/mol. The van der Waals surface area contributed by atoms with Crippen LogP contribution < -0.4 is 4.90 Å². The van der Waals surface area contributed by atoms with Gasteiger partial charge >= 0.3 is 0 Å². The number of halogens is 1. The highest BCUT2D eigenvalue weighted by Crippen LogP contribution is 2.32. The number of hydrogen-bond acceptors (Lipinski definition) is 3. The summed E-state index contributed by atoms with van der Waals surface area (Å²) in [6, 6.07) is 9.65. The van der Waals surface area contributed by atoms with Crippen molar-refractivity contribution >= 4 is 21.6 Å². The molecule has 4 heteroatoms. The highest BCUT2D eigenvalue weighted by Gasteiger charge is 2.34. The minimum absolute atomic E-state index is 0.664. The van der Waals surface area contributed by atoms with Gasteiger partial charge in [-0.1, -0.05) is 15.9 Å². The molecule has 2 fully saturated rings. The quantitative estimate of drug-likeness (QED) is 0.797. The van der Waals surface area contributed by atoms with E-state index in [-0.39, 0.29) is 0 Å². The third kappa shape index (κ3) is 2.50. The molecule has 2 aliphatic rings. The predicted octanol–water partition coefficient (Wildman–Crippen LogP) is 2.99. The van der Waals surface area contributed by atoms with Gasteiger partial charge in [-0.3, -0.25) is 4.90 Å². The fourth-order valence-corrected chi connectivity index (χ4v) is 3.85. The normalized spacial score (nSPS) is 27.1. The van der Waals surface area contributed by atoms with Crippen LogP contribution in [0.5, 0.6) is 0 Å². The number of likely N-dealkylation sites (N-methyl/N-ethyl adjacent to an activating group) is 1. The molecule has 100 valence electrons. The summed E-state index contributed by atoms with van der Waals surface area (Å²) in [5, 5.41) is 9.09. The van der Waals surface area contributed by atoms with Gasteiger partial charge in [-0.25, -0.2) is 0 Å². The van der Waals surface area contributed by atoms with Crippen molar-refractivity contribution in [1.29, 1.82) is 5.26 Å². The van der Waals surface area contributed by atoms with Crippen molar-refractivity contribution in [2.75, 3.05) is 25.0 Å². The molecule has 1 aromatic carbocycles. The summed E-state index contributed by atoms with van der Waals surface area (Å²) in [5.41, 5.74) is 1.90. The summed E-state index contributed by atoms with van der Waals surface area (Å²) in [7, 11) is 2.26. The minimum atomic E-state index is 0.664. The molecule has 3 rings (SSSR count). The SMILES string of the molecule is CN1C2CCC1CN(c1cc(Br)cc(C#N)c1)CC2. The zero-order valence-corrected chi connectivity index (χ0v) is 12.7. The first-order valence-corrected chi connectivity index (χ1v) is 7.64. The van der Waals surface area contributed by atoms with Crippen LogP contribution in [0.15, 0.2) is 22.7 Å². The van der Waals surface area contributed by atoms with Crippen LogP contribution in [0.4, 0.5) is 5.69 Å². The fraction of sp³-hybridized carbons (Fsp3) is 0.533. The number of nitriles is 1. The second-order valence-electron chi connectivity index (χ2n) is 5.60. The zero-order chi connectivity index (χ0) is 13.4. The molecular formula is C15H18BrN3. The molecule has 19 heavy (non-hydrogen) atoms. The summed E-state index contributed by atoms with van der Waals surface area (Å²) in [6.07, 6.45) is 3.87. The Hall–Kier alpha value is -1.05. The Morgan fingerprint density at radius 2 is 2.00 bits per heavy atom. The number of hydrogen-bond donors (Lipinski definition) is 0. The Labute approximate surface area is 122 Å². The molecule has 2 saturated heterocycles. The van der Waals surface area contributed by atoms with Crippen LogP contribution in [0.25, 0.3) is 0 Å². The third-order valence-electron chi connectivity index (χ3n) is 4.53. The van der Waals surface area contributed by atoms with E-state index < -0.39 is 0 Å². The standard InChI is InChI=1S/C15H18BrN3/c1-18-13-2-3-14(18)10-19(5-4-13)15-7-11(9-17)6-12(16)8-15/h6-8,13-14H,2-5,10H2,1H3. The molecule has 1 aromatic rings. The van der Waals surface area contributed by atoms with Crippen LogP contribution in [-0.2, 0) is 0 Å². The largest absolute Gasteiger partial charge is 0.370 e. The summed E-state index contributed by atoms with van der Waals surface area (Å²) < 4.78 is 0.990. The summed E-state index contributed by atoms with van der Waals surface area (Å²) in [6.45, 7) is 2.17. The average Bonchev–Trinajstić information content (AvgIpc) is 2.62. The van der Waals surface area contributed by atoms with E-state index in [1.807, 2.05) is 12.1 Å². The third-order valence-corrected chi connectivity index (χ3v) is 4.98. The number of fused-ring (bicyclic) bond motifs is 2. The first-order valence-electron chi connectivity index (χ1n) is 6.85. The molecule has 0 N–H and O–H groups in total. The summed E-state index contributed by atoms with van der Waals surface area (Å²) in [4.78, 5) is 4.98. The first kappa shape index (κ1) is 13.0. The molecule has 2 atom stereocenters. The maximum atomic E-state index is 9.09. The second-order valence-corrected chi connectivity index (χ2v) is 6.51. The van der Waals surface area contributed by atoms with Crippen LogP contribution in [0.1, 0.15) is 24.8 Å². The van der Waals surface area contributed by atoms with Gasteiger partial charge in [0, 0.05) is 35.3 Å². The van der Waals surface area contributed by atoms with E-state index in [1.54, 1.807) is 0 Å². The molecular weight excluding hydrogens is 302 g/mol. The number of rotatable bonds is 1. The highest BCUT2D eigenvalue weighted by molar-refractivity contribution is 9.10. The van der Waals surface area contributed by atoms with E-state index in [4.69, 9.17) is 5.26 Å². The van der Waals surface area contributed by atoms with E-state index in [1.165, 1.54) is 24.9 Å². The smallest absolute Gasteiger partial charge is 0.0992 e. The van der Waals surface area contributed by atoms with Gasteiger partial charge in [0.15, 0.2) is 0 Å². The first-order chi connectivity index (χ1) is 9.17. The van der Waals surface area contributed by atoms with Gasteiger partial charge in [0.1, 0.15) is 0 Å². The van der Waals surface area contributed by atoms with Gasteiger partial charge in [-0.05, 0) is 44.5 Å². The molecule has 2 unspecified atom stereocenters. The topological polar surface area (TPSA) is 30.3 Å². The summed E-state index contributed by atoms with van der Waals surface area (Å²) >= 11 is 3.50. The Balaban J connectivity index is 1.87. The van der Waals surface area contributed by atoms with Crippen LogP contribution in [0.2, 0.25) is 0 Å². The molecule has 2 bridgehead atoms. The van der Waals surface area contributed by atoms with Crippen LogP contribution in [0, 0.1) is 11.3 Å². The monoisotopic (exact) mass is 319 g/mol. The Bertz CT molecular complexity index is 523. The van der Waals surface area contributed by atoms with Crippen molar-refractivity contribution in [3.63, 3.8) is 0 Å². The maximum Gasteiger partial charge on any atom is 0.0992 e. The van der Waals surface area contributed by atoms with E-state index in [2.05, 4.69) is 44.9 Å². The van der Waals surface area contributed by atoms with Crippen molar-refractivity contribution < 1.29 is 0 Å². The lowest BCUT2D eigenvalue weighted by Gasteiger charge is -2.27. The molecule has 0 aliphatic carbocycles. The van der Waals surface area contributed by atoms with Crippen LogP contribution in [0.3, 0.4) is 0 Å². The zero-order valence-electron chi connectivity index (χ0n) is 11.1.